The van der Waals surface area contributed by atoms with Gasteiger partial charge in [-0.1, -0.05) is 5.16 Å². The highest BCUT2D eigenvalue weighted by molar-refractivity contribution is 5.75. The van der Waals surface area contributed by atoms with E-state index in [9.17, 15) is 4.79 Å². The van der Waals surface area contributed by atoms with Crippen LogP contribution in [-0.4, -0.2) is 22.8 Å². The molecule has 0 aliphatic rings. The van der Waals surface area contributed by atoms with E-state index in [1.54, 1.807) is 13.0 Å². The average molecular weight is 170 g/mol. The lowest BCUT2D eigenvalue weighted by Crippen LogP contribution is -2.20. The summed E-state index contributed by atoms with van der Waals surface area (Å²) in [5.74, 6) is -1.47. The minimum atomic E-state index is -0.992. The smallest absolute Gasteiger partial charge is 0.315 e. The molecule has 5 heteroatoms. The lowest BCUT2D eigenvalue weighted by atomic mass is 10.1. The van der Waals surface area contributed by atoms with Gasteiger partial charge in [0.25, 0.3) is 0 Å². The van der Waals surface area contributed by atoms with E-state index in [0.29, 0.717) is 11.5 Å². The van der Waals surface area contributed by atoms with Crippen LogP contribution < -0.4 is 5.73 Å². The first kappa shape index (κ1) is 8.73. The van der Waals surface area contributed by atoms with Crippen molar-refractivity contribution in [2.24, 2.45) is 5.73 Å². The van der Waals surface area contributed by atoms with Crippen molar-refractivity contribution in [1.29, 1.82) is 0 Å². The molecule has 0 saturated carbocycles. The van der Waals surface area contributed by atoms with Crippen LogP contribution in [0.15, 0.2) is 10.6 Å². The molecule has 1 heterocycles. The first-order chi connectivity index (χ1) is 5.65. The van der Waals surface area contributed by atoms with Crippen LogP contribution in [0.4, 0.5) is 0 Å². The minimum Gasteiger partial charge on any atom is -0.481 e. The van der Waals surface area contributed by atoms with Crippen molar-refractivity contribution >= 4 is 5.97 Å². The zero-order chi connectivity index (χ0) is 9.14. The van der Waals surface area contributed by atoms with Crippen molar-refractivity contribution < 1.29 is 14.4 Å². The van der Waals surface area contributed by atoms with Crippen LogP contribution >= 0.6 is 0 Å². The zero-order valence-corrected chi connectivity index (χ0v) is 6.65. The van der Waals surface area contributed by atoms with E-state index in [4.69, 9.17) is 15.4 Å². The molecule has 1 aromatic rings. The van der Waals surface area contributed by atoms with Crippen LogP contribution in [0.2, 0.25) is 0 Å². The third kappa shape index (κ3) is 1.62. The quantitative estimate of drug-likeness (QED) is 0.672. The molecule has 0 aliphatic carbocycles. The summed E-state index contributed by atoms with van der Waals surface area (Å²) in [6, 6.07) is 1.58. The molecule has 0 aliphatic heterocycles. The Morgan fingerprint density at radius 3 is 2.92 bits per heavy atom. The number of hydrogen-bond acceptors (Lipinski definition) is 4. The topological polar surface area (TPSA) is 89.4 Å². The maximum atomic E-state index is 10.6. The monoisotopic (exact) mass is 170 g/mol. The number of rotatable bonds is 3. The number of carboxylic acid groups (broad SMARTS) is 1. The molecule has 12 heavy (non-hydrogen) atoms. The van der Waals surface area contributed by atoms with E-state index in [2.05, 4.69) is 5.16 Å². The molecule has 3 N–H and O–H groups in total. The Morgan fingerprint density at radius 1 is 1.92 bits per heavy atom. The predicted octanol–water partition coefficient (Wildman–Crippen LogP) is 0.110. The predicted molar refractivity (Wildman–Crippen MR) is 40.7 cm³/mol. The van der Waals surface area contributed by atoms with Crippen molar-refractivity contribution in [2.45, 2.75) is 12.8 Å². The number of carbonyl (C=O) groups is 1. The third-order valence-electron chi connectivity index (χ3n) is 1.52. The molecular formula is C7H10N2O3. The summed E-state index contributed by atoms with van der Waals surface area (Å²) < 4.78 is 4.77. The van der Waals surface area contributed by atoms with E-state index in [-0.39, 0.29) is 6.54 Å². The van der Waals surface area contributed by atoms with Gasteiger partial charge in [0.2, 0.25) is 0 Å². The van der Waals surface area contributed by atoms with E-state index >= 15 is 0 Å². The number of aryl methyl sites for hydroxylation is 1. The first-order valence-corrected chi connectivity index (χ1v) is 3.51. The van der Waals surface area contributed by atoms with E-state index in [1.165, 1.54) is 0 Å². The summed E-state index contributed by atoms with van der Waals surface area (Å²) in [6.07, 6.45) is 0. The maximum absolute atomic E-state index is 10.6. The van der Waals surface area contributed by atoms with Gasteiger partial charge in [0.05, 0.1) is 5.69 Å². The van der Waals surface area contributed by atoms with Gasteiger partial charge in [0.15, 0.2) is 5.76 Å². The molecule has 0 spiro atoms. The summed E-state index contributed by atoms with van der Waals surface area (Å²) in [4.78, 5) is 10.6. The van der Waals surface area contributed by atoms with Gasteiger partial charge < -0.3 is 15.4 Å². The molecule has 0 fully saturated rings. The summed E-state index contributed by atoms with van der Waals surface area (Å²) in [6.45, 7) is 1.74. The van der Waals surface area contributed by atoms with E-state index in [1.807, 2.05) is 0 Å². The summed E-state index contributed by atoms with van der Waals surface area (Å²) in [5, 5.41) is 12.2. The summed E-state index contributed by atoms with van der Waals surface area (Å²) in [5.41, 5.74) is 5.90. The van der Waals surface area contributed by atoms with Gasteiger partial charge in [-0.25, -0.2) is 0 Å². The standard InChI is InChI=1S/C7H10N2O3/c1-4-2-6(12-9-4)5(3-8)7(10)11/h2,5H,3,8H2,1H3,(H,10,11). The molecule has 1 rings (SSSR count). The van der Waals surface area contributed by atoms with Crippen molar-refractivity contribution in [3.05, 3.63) is 17.5 Å². The van der Waals surface area contributed by atoms with Gasteiger partial charge in [0.1, 0.15) is 5.92 Å². The largest absolute Gasteiger partial charge is 0.481 e. The fourth-order valence-electron chi connectivity index (χ4n) is 0.886. The van der Waals surface area contributed by atoms with Gasteiger partial charge in [-0.3, -0.25) is 4.79 Å². The second kappa shape index (κ2) is 3.36. The van der Waals surface area contributed by atoms with Gasteiger partial charge >= 0.3 is 5.97 Å². The van der Waals surface area contributed by atoms with Crippen LogP contribution in [0.1, 0.15) is 17.4 Å². The van der Waals surface area contributed by atoms with Gasteiger partial charge in [-0.2, -0.15) is 0 Å². The Bertz CT molecular complexity index is 282. The lowest BCUT2D eigenvalue weighted by Gasteiger charge is -2.02. The molecule has 66 valence electrons. The minimum absolute atomic E-state index is 0.0178. The van der Waals surface area contributed by atoms with Gasteiger partial charge in [-0.15, -0.1) is 0 Å². The molecular weight excluding hydrogens is 160 g/mol. The van der Waals surface area contributed by atoms with Gasteiger partial charge in [0, 0.05) is 12.6 Å². The molecule has 0 amide bonds. The lowest BCUT2D eigenvalue weighted by molar-refractivity contribution is -0.139. The Labute approximate surface area is 69.2 Å². The third-order valence-corrected chi connectivity index (χ3v) is 1.52. The molecule has 1 unspecified atom stereocenters. The number of aliphatic carboxylic acids is 1. The highest BCUT2D eigenvalue weighted by Crippen LogP contribution is 2.15. The molecule has 1 atom stereocenters. The van der Waals surface area contributed by atoms with E-state index < -0.39 is 11.9 Å². The Balaban J connectivity index is 2.87. The van der Waals surface area contributed by atoms with Crippen molar-refractivity contribution in [2.75, 3.05) is 6.54 Å². The number of carboxylic acids is 1. The highest BCUT2D eigenvalue weighted by Gasteiger charge is 2.21. The normalized spacial score (nSPS) is 12.8. The van der Waals surface area contributed by atoms with Crippen LogP contribution in [0.3, 0.4) is 0 Å². The number of nitrogens with zero attached hydrogens (tertiary/aromatic N) is 1. The first-order valence-electron chi connectivity index (χ1n) is 3.51. The molecule has 1 aromatic heterocycles. The number of aromatic nitrogens is 1. The van der Waals surface area contributed by atoms with Gasteiger partial charge in [-0.05, 0) is 6.92 Å². The molecule has 0 bridgehead atoms. The van der Waals surface area contributed by atoms with Crippen LogP contribution in [-0.2, 0) is 4.79 Å². The number of nitrogens with two attached hydrogens (primary N) is 1. The van der Waals surface area contributed by atoms with E-state index in [0.717, 1.165) is 0 Å². The fraction of sp³-hybridized carbons (Fsp3) is 0.429. The Hall–Kier alpha value is -1.36. The van der Waals surface area contributed by atoms with Crippen molar-refractivity contribution in [3.8, 4) is 0 Å². The van der Waals surface area contributed by atoms with Crippen LogP contribution in [0, 0.1) is 6.92 Å². The van der Waals surface area contributed by atoms with Crippen LogP contribution in [0.25, 0.3) is 0 Å². The SMILES string of the molecule is Cc1cc(C(CN)C(=O)O)on1. The van der Waals surface area contributed by atoms with Crippen molar-refractivity contribution in [1.82, 2.24) is 5.16 Å². The molecule has 0 aromatic carbocycles. The Morgan fingerprint density at radius 2 is 2.58 bits per heavy atom. The average Bonchev–Trinajstić information content (AvgIpc) is 2.37. The molecule has 0 radical (unpaired) electrons. The maximum Gasteiger partial charge on any atom is 0.315 e. The molecule has 0 saturated heterocycles. The van der Waals surface area contributed by atoms with Crippen molar-refractivity contribution in [3.63, 3.8) is 0 Å². The second-order valence-electron chi connectivity index (χ2n) is 2.50. The molecule has 5 nitrogen and oxygen atoms in total. The summed E-state index contributed by atoms with van der Waals surface area (Å²) in [7, 11) is 0. The number of hydrogen-bond donors (Lipinski definition) is 2. The van der Waals surface area contributed by atoms with Crippen LogP contribution in [0.5, 0.6) is 0 Å². The zero-order valence-electron chi connectivity index (χ0n) is 6.65. The Kier molecular flexibility index (Phi) is 2.44. The summed E-state index contributed by atoms with van der Waals surface area (Å²) >= 11 is 0. The highest BCUT2D eigenvalue weighted by atomic mass is 16.5. The fourth-order valence-corrected chi connectivity index (χ4v) is 0.886. The second-order valence-corrected chi connectivity index (χ2v) is 2.50.